The zero-order valence-electron chi connectivity index (χ0n) is 15.4. The fraction of sp³-hybridized carbons (Fsp3) is 0.562. The largest absolute Gasteiger partial charge is 1.00 e. The smallest absolute Gasteiger partial charge is 0.748 e. The van der Waals surface area contributed by atoms with Crippen molar-refractivity contribution in [2.24, 2.45) is 5.92 Å². The van der Waals surface area contributed by atoms with Crippen LogP contribution in [0.1, 0.15) is 44.6 Å². The van der Waals surface area contributed by atoms with Crippen LogP contribution in [0, 0.1) is 5.92 Å². The van der Waals surface area contributed by atoms with E-state index in [4.69, 9.17) is 14.8 Å². The van der Waals surface area contributed by atoms with Crippen molar-refractivity contribution in [2.75, 3.05) is 12.4 Å². The van der Waals surface area contributed by atoms with Gasteiger partial charge in [0.1, 0.15) is 0 Å². The van der Waals surface area contributed by atoms with Gasteiger partial charge in [0, 0.05) is 5.75 Å². The Balaban J connectivity index is 0.00000625. The zero-order chi connectivity index (χ0) is 19.0. The summed E-state index contributed by atoms with van der Waals surface area (Å²) in [5.74, 6) is -1.22. The molecule has 0 aromatic heterocycles. The van der Waals surface area contributed by atoms with Gasteiger partial charge in [-0.15, -0.1) is 0 Å². The van der Waals surface area contributed by atoms with Crippen molar-refractivity contribution >= 4 is 28.7 Å². The first-order valence-corrected chi connectivity index (χ1v) is 9.78. The second-order valence-electron chi connectivity index (χ2n) is 6.07. The molecular formula is C16H24BNaO7S. The van der Waals surface area contributed by atoms with Gasteiger partial charge in [-0.25, -0.2) is 8.42 Å². The maximum atomic E-state index is 12.1. The first-order valence-electron chi connectivity index (χ1n) is 8.20. The molecule has 0 radical (unpaired) electrons. The Labute approximate surface area is 177 Å². The van der Waals surface area contributed by atoms with Crippen molar-refractivity contribution in [1.82, 2.24) is 0 Å². The van der Waals surface area contributed by atoms with E-state index in [9.17, 15) is 17.8 Å². The Kier molecular flexibility index (Phi) is 11.9. The predicted molar refractivity (Wildman–Crippen MR) is 93.2 cm³/mol. The van der Waals surface area contributed by atoms with Gasteiger partial charge in [0.25, 0.3) is 0 Å². The van der Waals surface area contributed by atoms with E-state index in [1.165, 1.54) is 0 Å². The molecule has 26 heavy (non-hydrogen) atoms. The van der Waals surface area contributed by atoms with Crippen LogP contribution in [0.2, 0.25) is 0 Å². The SMILES string of the molecule is CCC(CC(C)c1ccc(B(O)O)cc1)C(=O)OCCCS(=O)(=O)[O-].[Na+]. The predicted octanol–water partition coefficient (Wildman–Crippen LogP) is -2.63. The third-order valence-electron chi connectivity index (χ3n) is 4.05. The maximum Gasteiger partial charge on any atom is 1.00 e. The van der Waals surface area contributed by atoms with Crippen LogP contribution in [0.25, 0.3) is 0 Å². The van der Waals surface area contributed by atoms with Crippen LogP contribution in [0.5, 0.6) is 0 Å². The molecule has 7 nitrogen and oxygen atoms in total. The molecule has 2 N–H and O–H groups in total. The molecule has 2 unspecified atom stereocenters. The average Bonchev–Trinajstić information content (AvgIpc) is 2.55. The summed E-state index contributed by atoms with van der Waals surface area (Å²) >= 11 is 0. The molecule has 0 bridgehead atoms. The minimum Gasteiger partial charge on any atom is -0.748 e. The van der Waals surface area contributed by atoms with E-state index in [1.807, 2.05) is 13.8 Å². The molecule has 0 aliphatic carbocycles. The fourth-order valence-electron chi connectivity index (χ4n) is 2.52. The van der Waals surface area contributed by atoms with Crippen molar-refractivity contribution in [3.8, 4) is 0 Å². The monoisotopic (exact) mass is 394 g/mol. The zero-order valence-corrected chi connectivity index (χ0v) is 18.2. The molecule has 1 rings (SSSR count). The summed E-state index contributed by atoms with van der Waals surface area (Å²) < 4.78 is 36.6. The number of esters is 1. The van der Waals surface area contributed by atoms with Crippen LogP contribution in [0.3, 0.4) is 0 Å². The van der Waals surface area contributed by atoms with E-state index < -0.39 is 29.0 Å². The van der Waals surface area contributed by atoms with Crippen molar-refractivity contribution < 1.29 is 62.1 Å². The first-order chi connectivity index (χ1) is 11.6. The number of hydrogen-bond acceptors (Lipinski definition) is 7. The van der Waals surface area contributed by atoms with Gasteiger partial charge >= 0.3 is 42.6 Å². The van der Waals surface area contributed by atoms with Crippen LogP contribution < -0.4 is 35.0 Å². The summed E-state index contributed by atoms with van der Waals surface area (Å²) in [6, 6.07) is 6.82. The number of ether oxygens (including phenoxy) is 1. The van der Waals surface area contributed by atoms with E-state index in [-0.39, 0.29) is 54.4 Å². The minimum atomic E-state index is -4.29. The maximum absolute atomic E-state index is 12.1. The molecule has 0 aliphatic heterocycles. The summed E-state index contributed by atoms with van der Waals surface area (Å²) in [5, 5.41) is 18.2. The van der Waals surface area contributed by atoms with Crippen molar-refractivity contribution in [2.45, 2.75) is 39.0 Å². The van der Waals surface area contributed by atoms with Gasteiger partial charge in [0.05, 0.1) is 22.6 Å². The molecule has 140 valence electrons. The van der Waals surface area contributed by atoms with Crippen LogP contribution in [-0.4, -0.2) is 48.5 Å². The molecule has 0 aliphatic rings. The van der Waals surface area contributed by atoms with E-state index in [1.54, 1.807) is 24.3 Å². The first kappa shape index (κ1) is 25.6. The van der Waals surface area contributed by atoms with Crippen molar-refractivity contribution in [3.05, 3.63) is 29.8 Å². The van der Waals surface area contributed by atoms with Crippen LogP contribution in [-0.2, 0) is 19.6 Å². The molecule has 0 saturated carbocycles. The van der Waals surface area contributed by atoms with Crippen LogP contribution in [0.4, 0.5) is 0 Å². The number of rotatable bonds is 10. The molecule has 1 aromatic rings. The summed E-state index contributed by atoms with van der Waals surface area (Å²) in [6.07, 6.45) is 1.13. The van der Waals surface area contributed by atoms with Gasteiger partial charge in [0.15, 0.2) is 0 Å². The van der Waals surface area contributed by atoms with Crippen LogP contribution in [0.15, 0.2) is 24.3 Å². The summed E-state index contributed by atoms with van der Waals surface area (Å²) in [4.78, 5) is 12.1. The molecule has 0 amide bonds. The molecule has 0 heterocycles. The number of benzene rings is 1. The fourth-order valence-corrected chi connectivity index (χ4v) is 2.99. The van der Waals surface area contributed by atoms with Gasteiger partial charge < -0.3 is 19.3 Å². The molecule has 0 saturated heterocycles. The van der Waals surface area contributed by atoms with Gasteiger partial charge in [0.2, 0.25) is 0 Å². The second kappa shape index (κ2) is 12.1. The Morgan fingerprint density at radius 1 is 1.27 bits per heavy atom. The number of carbonyl (C=O) groups is 1. The molecule has 0 fully saturated rings. The van der Waals surface area contributed by atoms with E-state index in [0.29, 0.717) is 18.3 Å². The van der Waals surface area contributed by atoms with Gasteiger partial charge in [-0.2, -0.15) is 0 Å². The Morgan fingerprint density at radius 2 is 1.85 bits per heavy atom. The van der Waals surface area contributed by atoms with Gasteiger partial charge in [-0.1, -0.05) is 38.1 Å². The molecular weight excluding hydrogens is 370 g/mol. The summed E-state index contributed by atoms with van der Waals surface area (Å²) in [5.41, 5.74) is 1.36. The molecule has 0 spiro atoms. The minimum absolute atomic E-state index is 0. The van der Waals surface area contributed by atoms with E-state index in [2.05, 4.69) is 0 Å². The number of hydrogen-bond donors (Lipinski definition) is 2. The quantitative estimate of drug-likeness (QED) is 0.193. The molecule has 2 atom stereocenters. The topological polar surface area (TPSA) is 124 Å². The average molecular weight is 394 g/mol. The molecule has 10 heteroatoms. The third kappa shape index (κ3) is 9.50. The summed E-state index contributed by atoms with van der Waals surface area (Å²) in [7, 11) is -5.80. The Hall–Kier alpha value is -0.415. The van der Waals surface area contributed by atoms with Gasteiger partial charge in [-0.05, 0) is 36.2 Å². The van der Waals surface area contributed by atoms with E-state index >= 15 is 0 Å². The Bertz CT molecular complexity index is 649. The molecule has 1 aromatic carbocycles. The van der Waals surface area contributed by atoms with Crippen molar-refractivity contribution in [1.29, 1.82) is 0 Å². The Morgan fingerprint density at radius 3 is 2.31 bits per heavy atom. The number of carbonyl (C=O) groups excluding carboxylic acids is 1. The van der Waals surface area contributed by atoms with Crippen molar-refractivity contribution in [3.63, 3.8) is 0 Å². The summed E-state index contributed by atoms with van der Waals surface area (Å²) in [6.45, 7) is 3.74. The standard InChI is InChI=1S/C16H25BO7S.Na/c1-3-13(16(18)24-9-4-10-25(21,22)23)11-12(2)14-5-7-15(8-6-14)17(19)20;/h5-8,12-13,19-20H,3-4,9-11H2,1-2H3,(H,21,22,23);/q;+1/p-1. The normalized spacial score (nSPS) is 13.4. The second-order valence-corrected chi connectivity index (χ2v) is 7.59. The van der Waals surface area contributed by atoms with Gasteiger partial charge in [-0.3, -0.25) is 4.79 Å². The third-order valence-corrected chi connectivity index (χ3v) is 4.84. The van der Waals surface area contributed by atoms with Crippen LogP contribution >= 0.6 is 0 Å². The van der Waals surface area contributed by atoms with E-state index in [0.717, 1.165) is 5.56 Å².